The summed E-state index contributed by atoms with van der Waals surface area (Å²) in [4.78, 5) is 14.2. The molecule has 7 heteroatoms. The second-order valence-electron chi connectivity index (χ2n) is 6.06. The third-order valence-corrected chi connectivity index (χ3v) is 4.17. The molecule has 1 unspecified atom stereocenters. The smallest absolute Gasteiger partial charge is 0.406 e. The van der Waals surface area contributed by atoms with E-state index in [0.29, 0.717) is 18.0 Å². The van der Waals surface area contributed by atoms with Crippen LogP contribution >= 0.6 is 0 Å². The van der Waals surface area contributed by atoms with Gasteiger partial charge in [0.05, 0.1) is 0 Å². The van der Waals surface area contributed by atoms with Crippen molar-refractivity contribution in [1.82, 2.24) is 10.2 Å². The number of carbonyl (C=O) groups is 1. The summed E-state index contributed by atoms with van der Waals surface area (Å²) in [6, 6.07) is 5.97. The monoisotopic (exact) mass is 344 g/mol. The minimum atomic E-state index is -4.73. The van der Waals surface area contributed by atoms with Crippen LogP contribution in [0.15, 0.2) is 24.3 Å². The molecule has 4 nitrogen and oxygen atoms in total. The Balaban J connectivity index is 1.92. The molecule has 1 aromatic rings. The molecule has 1 heterocycles. The highest BCUT2D eigenvalue weighted by Gasteiger charge is 2.32. The van der Waals surface area contributed by atoms with Crippen LogP contribution in [0.5, 0.6) is 5.75 Å². The van der Waals surface area contributed by atoms with Gasteiger partial charge in [0.1, 0.15) is 5.75 Å². The van der Waals surface area contributed by atoms with Gasteiger partial charge in [0.25, 0.3) is 0 Å². The van der Waals surface area contributed by atoms with Gasteiger partial charge in [-0.05, 0) is 50.4 Å². The zero-order valence-electron chi connectivity index (χ0n) is 13.7. The summed E-state index contributed by atoms with van der Waals surface area (Å²) in [5, 5.41) is 3.12. The third-order valence-electron chi connectivity index (χ3n) is 4.17. The summed E-state index contributed by atoms with van der Waals surface area (Å²) < 4.78 is 41.3. The van der Waals surface area contributed by atoms with E-state index in [1.54, 1.807) is 12.1 Å². The average Bonchev–Trinajstić information content (AvgIpc) is 2.53. The Hall–Kier alpha value is -1.76. The van der Waals surface area contributed by atoms with Gasteiger partial charge < -0.3 is 15.0 Å². The number of ether oxygens (including phenoxy) is 1. The molecule has 0 radical (unpaired) electrons. The molecule has 1 aromatic carbocycles. The van der Waals surface area contributed by atoms with Crippen LogP contribution in [0.4, 0.5) is 13.2 Å². The molecule has 0 aliphatic carbocycles. The van der Waals surface area contributed by atoms with Crippen molar-refractivity contribution >= 4 is 5.91 Å². The fourth-order valence-corrected chi connectivity index (χ4v) is 3.08. The second-order valence-corrected chi connectivity index (χ2v) is 6.06. The molecule has 0 saturated carbocycles. The largest absolute Gasteiger partial charge is 0.573 e. The average molecular weight is 344 g/mol. The number of hydrogen-bond donors (Lipinski definition) is 1. The number of nitrogens with one attached hydrogen (secondary N) is 1. The number of rotatable bonds is 6. The lowest BCUT2D eigenvalue weighted by molar-refractivity contribution is -0.274. The number of carbonyl (C=O) groups excluding carboxylic acids is 1. The minimum absolute atomic E-state index is 0.0161. The SMILES string of the molecule is CNCC1CCCN(C(=O)CCc2ccccc2OC(F)(F)F)C1. The van der Waals surface area contributed by atoms with Crippen molar-refractivity contribution in [3.05, 3.63) is 29.8 Å². The standard InChI is InChI=1S/C17H23F3N2O2/c1-21-11-13-5-4-10-22(12-13)16(23)9-8-14-6-2-3-7-15(14)24-17(18,19)20/h2-3,6-7,13,21H,4-5,8-12H2,1H3. The summed E-state index contributed by atoms with van der Waals surface area (Å²) in [5.41, 5.74) is 0.395. The van der Waals surface area contributed by atoms with E-state index in [2.05, 4.69) is 10.1 Å². The molecule has 1 amide bonds. The molecule has 0 aromatic heterocycles. The van der Waals surface area contributed by atoms with E-state index in [1.165, 1.54) is 12.1 Å². The lowest BCUT2D eigenvalue weighted by Crippen LogP contribution is -2.42. The predicted octanol–water partition coefficient (Wildman–Crippen LogP) is 2.98. The topological polar surface area (TPSA) is 41.6 Å². The number of hydrogen-bond acceptors (Lipinski definition) is 3. The number of likely N-dealkylation sites (tertiary alicyclic amines) is 1. The second kappa shape index (κ2) is 8.37. The van der Waals surface area contributed by atoms with Gasteiger partial charge in [0.15, 0.2) is 0 Å². The number of amides is 1. The van der Waals surface area contributed by atoms with Gasteiger partial charge in [-0.25, -0.2) is 0 Å². The normalized spacial score (nSPS) is 18.5. The van der Waals surface area contributed by atoms with Crippen molar-refractivity contribution in [2.45, 2.75) is 32.0 Å². The Morgan fingerprint density at radius 2 is 2.12 bits per heavy atom. The maximum Gasteiger partial charge on any atom is 0.573 e. The lowest BCUT2D eigenvalue weighted by atomic mass is 9.97. The van der Waals surface area contributed by atoms with E-state index < -0.39 is 6.36 Å². The van der Waals surface area contributed by atoms with Gasteiger partial charge in [0, 0.05) is 19.5 Å². The van der Waals surface area contributed by atoms with Crippen LogP contribution in [0.2, 0.25) is 0 Å². The van der Waals surface area contributed by atoms with Crippen molar-refractivity contribution in [2.24, 2.45) is 5.92 Å². The molecule has 1 aliphatic heterocycles. The van der Waals surface area contributed by atoms with Crippen LogP contribution in [-0.4, -0.2) is 43.9 Å². The van der Waals surface area contributed by atoms with Crippen molar-refractivity contribution in [1.29, 1.82) is 0 Å². The first-order chi connectivity index (χ1) is 11.4. The number of nitrogens with zero attached hydrogens (tertiary/aromatic N) is 1. The van der Waals surface area contributed by atoms with E-state index in [-0.39, 0.29) is 24.5 Å². The van der Waals surface area contributed by atoms with Gasteiger partial charge in [0.2, 0.25) is 5.91 Å². The van der Waals surface area contributed by atoms with Gasteiger partial charge >= 0.3 is 6.36 Å². The van der Waals surface area contributed by atoms with Crippen LogP contribution in [-0.2, 0) is 11.2 Å². The number of piperidine rings is 1. The molecule has 0 spiro atoms. The highest BCUT2D eigenvalue weighted by Crippen LogP contribution is 2.27. The summed E-state index contributed by atoms with van der Waals surface area (Å²) in [6.45, 7) is 2.30. The molecule has 1 fully saturated rings. The number of benzene rings is 1. The first-order valence-electron chi connectivity index (χ1n) is 8.15. The van der Waals surface area contributed by atoms with Crippen LogP contribution in [0.3, 0.4) is 0 Å². The van der Waals surface area contributed by atoms with Gasteiger partial charge in [-0.15, -0.1) is 13.2 Å². The maximum absolute atomic E-state index is 12.4. The van der Waals surface area contributed by atoms with E-state index >= 15 is 0 Å². The fourth-order valence-electron chi connectivity index (χ4n) is 3.08. The van der Waals surface area contributed by atoms with Gasteiger partial charge in [-0.2, -0.15) is 0 Å². The molecule has 0 bridgehead atoms. The van der Waals surface area contributed by atoms with Gasteiger partial charge in [-0.3, -0.25) is 4.79 Å². The molecule has 1 aliphatic rings. The number of alkyl halides is 3. The highest BCUT2D eigenvalue weighted by molar-refractivity contribution is 5.76. The molecule has 1 atom stereocenters. The zero-order chi connectivity index (χ0) is 17.6. The number of aryl methyl sites for hydroxylation is 1. The summed E-state index contributed by atoms with van der Waals surface area (Å²) >= 11 is 0. The van der Waals surface area contributed by atoms with Crippen molar-refractivity contribution < 1.29 is 22.7 Å². The summed E-state index contributed by atoms with van der Waals surface area (Å²) in [5.74, 6) is 0.190. The molecule has 24 heavy (non-hydrogen) atoms. The summed E-state index contributed by atoms with van der Waals surface area (Å²) in [6.07, 6.45) is -2.26. The lowest BCUT2D eigenvalue weighted by Gasteiger charge is -2.32. The first kappa shape index (κ1) is 18.6. The number of halogens is 3. The number of para-hydroxylation sites is 1. The van der Waals surface area contributed by atoms with Crippen LogP contribution in [0, 0.1) is 5.92 Å². The molecular formula is C17H23F3N2O2. The quantitative estimate of drug-likeness (QED) is 0.863. The molecule has 1 saturated heterocycles. The van der Waals surface area contributed by atoms with Crippen molar-refractivity contribution in [3.63, 3.8) is 0 Å². The summed E-state index contributed by atoms with van der Waals surface area (Å²) in [7, 11) is 1.89. The van der Waals surface area contributed by atoms with E-state index in [4.69, 9.17) is 0 Å². The van der Waals surface area contributed by atoms with Crippen LogP contribution < -0.4 is 10.1 Å². The van der Waals surface area contributed by atoms with Crippen LogP contribution in [0.25, 0.3) is 0 Å². The zero-order valence-corrected chi connectivity index (χ0v) is 13.7. The molecule has 134 valence electrons. The molecule has 2 rings (SSSR count). The maximum atomic E-state index is 12.4. The van der Waals surface area contributed by atoms with E-state index in [0.717, 1.165) is 25.9 Å². The first-order valence-corrected chi connectivity index (χ1v) is 8.15. The third kappa shape index (κ3) is 5.70. The minimum Gasteiger partial charge on any atom is -0.406 e. The Bertz CT molecular complexity index is 547. The van der Waals surface area contributed by atoms with Crippen molar-refractivity contribution in [2.75, 3.05) is 26.7 Å². The van der Waals surface area contributed by atoms with E-state index in [1.807, 2.05) is 11.9 Å². The Kier molecular flexibility index (Phi) is 6.48. The molecule has 1 N–H and O–H groups in total. The van der Waals surface area contributed by atoms with Gasteiger partial charge in [-0.1, -0.05) is 18.2 Å². The molecular weight excluding hydrogens is 321 g/mol. The Morgan fingerprint density at radius 1 is 1.38 bits per heavy atom. The highest BCUT2D eigenvalue weighted by atomic mass is 19.4. The Labute approximate surface area is 140 Å². The predicted molar refractivity (Wildman–Crippen MR) is 84.7 cm³/mol. The van der Waals surface area contributed by atoms with E-state index in [9.17, 15) is 18.0 Å². The fraction of sp³-hybridized carbons (Fsp3) is 0.588. The van der Waals surface area contributed by atoms with Crippen LogP contribution in [0.1, 0.15) is 24.8 Å². The van der Waals surface area contributed by atoms with Crippen molar-refractivity contribution in [3.8, 4) is 5.75 Å². The Morgan fingerprint density at radius 3 is 2.83 bits per heavy atom.